The number of ether oxygens (including phenoxy) is 1. The van der Waals surface area contributed by atoms with Crippen molar-refractivity contribution in [3.8, 4) is 11.8 Å². The summed E-state index contributed by atoms with van der Waals surface area (Å²) in [7, 11) is 1.48. The summed E-state index contributed by atoms with van der Waals surface area (Å²) in [5.74, 6) is 0.424. The number of aliphatic hydroxyl groups is 1. The molecule has 0 unspecified atom stereocenters. The van der Waals surface area contributed by atoms with E-state index in [1.807, 2.05) is 6.07 Å². The van der Waals surface area contributed by atoms with Crippen LogP contribution in [0, 0.1) is 11.3 Å². The zero-order valence-corrected chi connectivity index (χ0v) is 11.3. The standard InChI is InChI=1S/C14H10ClN3O2/c1-20-13-3-2-9(6-10(13)8-16)12(19)7-11-4-5-17-14(15)18-11/h2-7,19H,1H3/b12-7-. The smallest absolute Gasteiger partial charge is 0.222 e. The van der Waals surface area contributed by atoms with Gasteiger partial charge in [-0.3, -0.25) is 0 Å². The monoisotopic (exact) mass is 287 g/mol. The molecule has 0 atom stereocenters. The highest BCUT2D eigenvalue weighted by atomic mass is 35.5. The molecular weight excluding hydrogens is 278 g/mol. The molecule has 0 aliphatic heterocycles. The summed E-state index contributed by atoms with van der Waals surface area (Å²) in [5.41, 5.74) is 1.29. The summed E-state index contributed by atoms with van der Waals surface area (Å²) in [6.07, 6.45) is 2.93. The van der Waals surface area contributed by atoms with Crippen LogP contribution in [0.2, 0.25) is 5.28 Å². The number of halogens is 1. The van der Waals surface area contributed by atoms with Crippen molar-refractivity contribution in [3.63, 3.8) is 0 Å². The molecule has 1 heterocycles. The summed E-state index contributed by atoms with van der Waals surface area (Å²) in [6, 6.07) is 8.41. The Bertz CT molecular complexity index is 708. The molecular formula is C14H10ClN3O2. The molecule has 1 aromatic carbocycles. The highest BCUT2D eigenvalue weighted by Crippen LogP contribution is 2.23. The molecule has 100 valence electrons. The number of rotatable bonds is 3. The van der Waals surface area contributed by atoms with Crippen LogP contribution in [0.4, 0.5) is 0 Å². The molecule has 20 heavy (non-hydrogen) atoms. The SMILES string of the molecule is COc1ccc(/C(O)=C/c2ccnc(Cl)n2)cc1C#N. The van der Waals surface area contributed by atoms with E-state index < -0.39 is 0 Å². The van der Waals surface area contributed by atoms with Crippen LogP contribution < -0.4 is 4.74 Å². The zero-order chi connectivity index (χ0) is 14.5. The molecule has 0 bridgehead atoms. The molecule has 0 amide bonds. The van der Waals surface area contributed by atoms with Gasteiger partial charge in [0.05, 0.1) is 18.4 Å². The van der Waals surface area contributed by atoms with E-state index in [4.69, 9.17) is 21.6 Å². The first-order valence-corrected chi connectivity index (χ1v) is 5.99. The van der Waals surface area contributed by atoms with Gasteiger partial charge in [0.25, 0.3) is 0 Å². The van der Waals surface area contributed by atoms with E-state index in [9.17, 15) is 5.11 Å². The second-order valence-corrected chi connectivity index (χ2v) is 4.15. The Morgan fingerprint density at radius 3 is 2.90 bits per heavy atom. The van der Waals surface area contributed by atoms with Gasteiger partial charge in [-0.25, -0.2) is 9.97 Å². The Balaban J connectivity index is 2.39. The van der Waals surface area contributed by atoms with Crippen LogP contribution in [0.15, 0.2) is 30.5 Å². The van der Waals surface area contributed by atoms with E-state index in [1.165, 1.54) is 25.4 Å². The van der Waals surface area contributed by atoms with E-state index in [1.54, 1.807) is 18.2 Å². The van der Waals surface area contributed by atoms with E-state index in [0.29, 0.717) is 22.6 Å². The summed E-state index contributed by atoms with van der Waals surface area (Å²) in [5, 5.41) is 19.2. The third-order valence-corrected chi connectivity index (χ3v) is 2.73. The summed E-state index contributed by atoms with van der Waals surface area (Å²) in [4.78, 5) is 7.70. The normalized spacial score (nSPS) is 10.9. The third-order valence-electron chi connectivity index (χ3n) is 2.55. The topological polar surface area (TPSA) is 79.0 Å². The zero-order valence-electron chi connectivity index (χ0n) is 10.5. The van der Waals surface area contributed by atoms with Gasteiger partial charge >= 0.3 is 0 Å². The minimum absolute atomic E-state index is 0.0288. The van der Waals surface area contributed by atoms with Crippen LogP contribution in [-0.4, -0.2) is 22.2 Å². The van der Waals surface area contributed by atoms with Crippen molar-refractivity contribution in [3.05, 3.63) is 52.6 Å². The Morgan fingerprint density at radius 1 is 1.45 bits per heavy atom. The average Bonchev–Trinajstić information content (AvgIpc) is 2.46. The molecule has 0 aliphatic carbocycles. The molecule has 5 nitrogen and oxygen atoms in total. The van der Waals surface area contributed by atoms with Gasteiger partial charge in [0.2, 0.25) is 5.28 Å². The number of aliphatic hydroxyl groups excluding tert-OH is 1. The first-order chi connectivity index (χ1) is 9.63. The van der Waals surface area contributed by atoms with Crippen LogP contribution in [0.5, 0.6) is 5.75 Å². The lowest BCUT2D eigenvalue weighted by Crippen LogP contribution is -1.91. The lowest BCUT2D eigenvalue weighted by atomic mass is 10.1. The number of hydrogen-bond acceptors (Lipinski definition) is 5. The van der Waals surface area contributed by atoms with Gasteiger partial charge in [0.15, 0.2) is 0 Å². The number of benzene rings is 1. The lowest BCUT2D eigenvalue weighted by Gasteiger charge is -2.05. The van der Waals surface area contributed by atoms with Crippen molar-refractivity contribution in [2.45, 2.75) is 0 Å². The minimum Gasteiger partial charge on any atom is -0.507 e. The van der Waals surface area contributed by atoms with Gasteiger partial charge in [-0.1, -0.05) is 0 Å². The van der Waals surface area contributed by atoms with Crippen molar-refractivity contribution >= 4 is 23.4 Å². The molecule has 6 heteroatoms. The molecule has 0 saturated heterocycles. The third kappa shape index (κ3) is 3.05. The molecule has 0 saturated carbocycles. The molecule has 1 N–H and O–H groups in total. The van der Waals surface area contributed by atoms with Gasteiger partial charge < -0.3 is 9.84 Å². The van der Waals surface area contributed by atoms with Crippen molar-refractivity contribution in [1.29, 1.82) is 5.26 Å². The first-order valence-electron chi connectivity index (χ1n) is 5.61. The summed E-state index contributed by atoms with van der Waals surface area (Å²) >= 11 is 5.67. The maximum Gasteiger partial charge on any atom is 0.222 e. The van der Waals surface area contributed by atoms with Crippen molar-refractivity contribution < 1.29 is 9.84 Å². The van der Waals surface area contributed by atoms with E-state index in [0.717, 1.165) is 0 Å². The number of methoxy groups -OCH3 is 1. The van der Waals surface area contributed by atoms with Crippen molar-refractivity contribution in [1.82, 2.24) is 9.97 Å². The quantitative estimate of drug-likeness (QED) is 0.693. The van der Waals surface area contributed by atoms with Gasteiger partial charge in [0.1, 0.15) is 17.6 Å². The molecule has 1 aromatic heterocycles. The Labute approximate surface area is 120 Å². The van der Waals surface area contributed by atoms with Gasteiger partial charge in [-0.05, 0) is 35.9 Å². The van der Waals surface area contributed by atoms with Crippen molar-refractivity contribution in [2.75, 3.05) is 7.11 Å². The van der Waals surface area contributed by atoms with E-state index >= 15 is 0 Å². The molecule has 2 rings (SSSR count). The van der Waals surface area contributed by atoms with Crippen LogP contribution in [-0.2, 0) is 0 Å². The average molecular weight is 288 g/mol. The second kappa shape index (κ2) is 6.04. The maximum absolute atomic E-state index is 10.1. The van der Waals surface area contributed by atoms with Crippen LogP contribution in [0.3, 0.4) is 0 Å². The first kappa shape index (κ1) is 13.8. The highest BCUT2D eigenvalue weighted by molar-refractivity contribution is 6.28. The maximum atomic E-state index is 10.1. The number of nitrogens with zero attached hydrogens (tertiary/aromatic N) is 3. The predicted octanol–water partition coefficient (Wildman–Crippen LogP) is 3.07. The summed E-state index contributed by atoms with van der Waals surface area (Å²) in [6.45, 7) is 0. The lowest BCUT2D eigenvalue weighted by molar-refractivity contribution is 0.413. The minimum atomic E-state index is -0.0288. The molecule has 0 radical (unpaired) electrons. The predicted molar refractivity (Wildman–Crippen MR) is 75.3 cm³/mol. The van der Waals surface area contributed by atoms with Crippen LogP contribution in [0.1, 0.15) is 16.8 Å². The van der Waals surface area contributed by atoms with E-state index in [-0.39, 0.29) is 11.0 Å². The van der Waals surface area contributed by atoms with Gasteiger partial charge in [0, 0.05) is 17.8 Å². The number of hydrogen-bond donors (Lipinski definition) is 1. The molecule has 0 aliphatic rings. The fraction of sp³-hybridized carbons (Fsp3) is 0.0714. The van der Waals surface area contributed by atoms with Crippen LogP contribution in [0.25, 0.3) is 11.8 Å². The largest absolute Gasteiger partial charge is 0.507 e. The van der Waals surface area contributed by atoms with Gasteiger partial charge in [-0.2, -0.15) is 5.26 Å². The Morgan fingerprint density at radius 2 is 2.25 bits per heavy atom. The Kier molecular flexibility index (Phi) is 4.18. The molecule has 0 fully saturated rings. The molecule has 0 spiro atoms. The van der Waals surface area contributed by atoms with Gasteiger partial charge in [-0.15, -0.1) is 0 Å². The number of aromatic nitrogens is 2. The van der Waals surface area contributed by atoms with E-state index in [2.05, 4.69) is 9.97 Å². The molecule has 2 aromatic rings. The van der Waals surface area contributed by atoms with Crippen LogP contribution >= 0.6 is 11.6 Å². The number of nitriles is 1. The van der Waals surface area contributed by atoms with Crippen molar-refractivity contribution in [2.24, 2.45) is 0 Å². The highest BCUT2D eigenvalue weighted by Gasteiger charge is 2.07. The summed E-state index contributed by atoms with van der Waals surface area (Å²) < 4.78 is 5.04. The Hall–Kier alpha value is -2.58. The fourth-order valence-electron chi connectivity index (χ4n) is 1.61. The second-order valence-electron chi connectivity index (χ2n) is 3.81. The fourth-order valence-corrected chi connectivity index (χ4v) is 1.76.